The Balaban J connectivity index is 1.41. The molecule has 0 saturated heterocycles. The van der Waals surface area contributed by atoms with E-state index in [0.717, 1.165) is 23.2 Å². The number of aromatic nitrogens is 2. The van der Waals surface area contributed by atoms with Crippen LogP contribution in [-0.2, 0) is 12.8 Å². The van der Waals surface area contributed by atoms with Gasteiger partial charge >= 0.3 is 0 Å². The molecule has 3 aromatic rings. The van der Waals surface area contributed by atoms with Crippen LogP contribution in [0, 0.1) is 0 Å². The molecular formula is C34H48N2. The summed E-state index contributed by atoms with van der Waals surface area (Å²) in [6.07, 6.45) is 25.2. The molecule has 2 aromatic heterocycles. The fraction of sp³-hybridized carbons (Fsp3) is 0.529. The highest BCUT2D eigenvalue weighted by Crippen LogP contribution is 2.23. The van der Waals surface area contributed by atoms with E-state index in [-0.39, 0.29) is 0 Å². The van der Waals surface area contributed by atoms with Crippen LogP contribution in [-0.4, -0.2) is 9.97 Å². The van der Waals surface area contributed by atoms with Crippen LogP contribution in [0.1, 0.15) is 115 Å². The zero-order chi connectivity index (χ0) is 25.3. The number of aryl methyl sites for hydroxylation is 2. The molecule has 0 aliphatic carbocycles. The molecule has 0 aliphatic rings. The standard InChI is InChI=1S/C34H48N2/c1-3-5-7-9-11-12-14-16-18-33-25-23-31(27-35-33)32-24-26-34(36-28-32)30-21-19-29(20-22-30)17-15-13-10-8-6-4-2/h19-28H,3-18H2,1-2H3. The Bertz CT molecular complexity index is 942. The van der Waals surface area contributed by atoms with Crippen molar-refractivity contribution in [2.24, 2.45) is 0 Å². The summed E-state index contributed by atoms with van der Waals surface area (Å²) in [4.78, 5) is 9.47. The number of hydrogen-bond acceptors (Lipinski definition) is 2. The Morgan fingerprint density at radius 3 is 1.47 bits per heavy atom. The summed E-state index contributed by atoms with van der Waals surface area (Å²) in [6.45, 7) is 4.55. The van der Waals surface area contributed by atoms with Gasteiger partial charge in [0.2, 0.25) is 0 Å². The van der Waals surface area contributed by atoms with Gasteiger partial charge in [-0.15, -0.1) is 0 Å². The minimum atomic E-state index is 1.03. The highest BCUT2D eigenvalue weighted by Gasteiger charge is 2.04. The molecule has 2 heteroatoms. The first kappa shape index (κ1) is 28.1. The number of hydrogen-bond donors (Lipinski definition) is 0. The van der Waals surface area contributed by atoms with Gasteiger partial charge in [-0.05, 0) is 43.4 Å². The van der Waals surface area contributed by atoms with Crippen molar-refractivity contribution in [1.82, 2.24) is 9.97 Å². The van der Waals surface area contributed by atoms with Gasteiger partial charge in [0.1, 0.15) is 0 Å². The summed E-state index contributed by atoms with van der Waals surface area (Å²) in [5, 5.41) is 0. The Morgan fingerprint density at radius 2 is 0.944 bits per heavy atom. The first-order valence-corrected chi connectivity index (χ1v) is 14.8. The molecule has 0 amide bonds. The Labute approximate surface area is 221 Å². The van der Waals surface area contributed by atoms with Gasteiger partial charge in [-0.1, -0.05) is 127 Å². The van der Waals surface area contributed by atoms with Crippen LogP contribution in [0.5, 0.6) is 0 Å². The number of pyridine rings is 2. The summed E-state index contributed by atoms with van der Waals surface area (Å²) in [6, 6.07) is 17.7. The first-order chi connectivity index (χ1) is 17.8. The molecule has 0 radical (unpaired) electrons. The Kier molecular flexibility index (Phi) is 13.3. The number of rotatable bonds is 18. The van der Waals surface area contributed by atoms with E-state index in [9.17, 15) is 0 Å². The Hall–Kier alpha value is -2.48. The van der Waals surface area contributed by atoms with Gasteiger partial charge in [0, 0.05) is 34.8 Å². The van der Waals surface area contributed by atoms with Gasteiger partial charge < -0.3 is 0 Å². The lowest BCUT2D eigenvalue weighted by molar-refractivity contribution is 0.574. The lowest BCUT2D eigenvalue weighted by Crippen LogP contribution is -1.92. The van der Waals surface area contributed by atoms with E-state index in [2.05, 4.69) is 62.4 Å². The van der Waals surface area contributed by atoms with Crippen molar-refractivity contribution in [3.05, 3.63) is 72.2 Å². The van der Waals surface area contributed by atoms with Gasteiger partial charge in [0.25, 0.3) is 0 Å². The molecule has 3 rings (SSSR count). The van der Waals surface area contributed by atoms with Crippen LogP contribution < -0.4 is 0 Å². The average molecular weight is 485 g/mol. The zero-order valence-electron chi connectivity index (χ0n) is 23.0. The molecule has 0 aliphatic heterocycles. The van der Waals surface area contributed by atoms with Gasteiger partial charge in [0.05, 0.1) is 5.69 Å². The van der Waals surface area contributed by atoms with Crippen LogP contribution in [0.15, 0.2) is 60.9 Å². The monoisotopic (exact) mass is 484 g/mol. The number of unbranched alkanes of at least 4 members (excludes halogenated alkanes) is 12. The second kappa shape index (κ2) is 17.1. The van der Waals surface area contributed by atoms with E-state index in [0.29, 0.717) is 0 Å². The number of benzene rings is 1. The van der Waals surface area contributed by atoms with Crippen molar-refractivity contribution in [3.8, 4) is 22.4 Å². The Morgan fingerprint density at radius 1 is 0.444 bits per heavy atom. The lowest BCUT2D eigenvalue weighted by Gasteiger charge is -2.07. The maximum Gasteiger partial charge on any atom is 0.0702 e. The van der Waals surface area contributed by atoms with Gasteiger partial charge in [-0.3, -0.25) is 9.97 Å². The van der Waals surface area contributed by atoms with E-state index in [1.54, 1.807) is 0 Å². The first-order valence-electron chi connectivity index (χ1n) is 14.8. The summed E-state index contributed by atoms with van der Waals surface area (Å²) < 4.78 is 0. The molecule has 36 heavy (non-hydrogen) atoms. The van der Waals surface area contributed by atoms with Crippen LogP contribution in [0.4, 0.5) is 0 Å². The fourth-order valence-electron chi connectivity index (χ4n) is 4.87. The van der Waals surface area contributed by atoms with Crippen molar-refractivity contribution in [3.63, 3.8) is 0 Å². The second-order valence-corrected chi connectivity index (χ2v) is 10.4. The predicted molar refractivity (Wildman–Crippen MR) is 156 cm³/mol. The third-order valence-corrected chi connectivity index (χ3v) is 7.28. The van der Waals surface area contributed by atoms with Crippen LogP contribution >= 0.6 is 0 Å². The van der Waals surface area contributed by atoms with Crippen molar-refractivity contribution in [2.45, 2.75) is 117 Å². The molecule has 0 atom stereocenters. The molecule has 1 aromatic carbocycles. The fourth-order valence-corrected chi connectivity index (χ4v) is 4.87. The smallest absolute Gasteiger partial charge is 0.0702 e. The van der Waals surface area contributed by atoms with E-state index in [4.69, 9.17) is 9.97 Å². The normalized spacial score (nSPS) is 11.2. The third kappa shape index (κ3) is 10.2. The van der Waals surface area contributed by atoms with Crippen molar-refractivity contribution in [2.75, 3.05) is 0 Å². The average Bonchev–Trinajstić information content (AvgIpc) is 2.93. The molecule has 0 fully saturated rings. The van der Waals surface area contributed by atoms with E-state index in [1.807, 2.05) is 12.4 Å². The van der Waals surface area contributed by atoms with Crippen molar-refractivity contribution < 1.29 is 0 Å². The van der Waals surface area contributed by atoms with E-state index < -0.39 is 0 Å². The second-order valence-electron chi connectivity index (χ2n) is 10.4. The maximum atomic E-state index is 4.75. The molecular weight excluding hydrogens is 436 g/mol. The van der Waals surface area contributed by atoms with Gasteiger partial charge in [-0.2, -0.15) is 0 Å². The van der Waals surface area contributed by atoms with Crippen molar-refractivity contribution >= 4 is 0 Å². The molecule has 0 spiro atoms. The molecule has 194 valence electrons. The quantitative estimate of drug-likeness (QED) is 0.168. The highest BCUT2D eigenvalue weighted by atomic mass is 14.7. The molecule has 0 bridgehead atoms. The summed E-state index contributed by atoms with van der Waals surface area (Å²) >= 11 is 0. The molecule has 0 unspecified atom stereocenters. The van der Waals surface area contributed by atoms with E-state index in [1.165, 1.54) is 113 Å². The SMILES string of the molecule is CCCCCCCCCCc1ccc(-c2ccc(-c3ccc(CCCCCCCC)cc3)nc2)cn1. The van der Waals surface area contributed by atoms with Crippen LogP contribution in [0.3, 0.4) is 0 Å². The summed E-state index contributed by atoms with van der Waals surface area (Å²) in [7, 11) is 0. The minimum Gasteiger partial charge on any atom is -0.261 e. The third-order valence-electron chi connectivity index (χ3n) is 7.28. The highest BCUT2D eigenvalue weighted by molar-refractivity contribution is 5.66. The molecule has 2 heterocycles. The predicted octanol–water partition coefficient (Wildman–Crippen LogP) is 10.4. The molecule has 0 N–H and O–H groups in total. The van der Waals surface area contributed by atoms with Crippen LogP contribution in [0.2, 0.25) is 0 Å². The molecule has 2 nitrogen and oxygen atoms in total. The van der Waals surface area contributed by atoms with Gasteiger partial charge in [0.15, 0.2) is 0 Å². The maximum absolute atomic E-state index is 4.75. The lowest BCUT2D eigenvalue weighted by atomic mass is 10.0. The largest absolute Gasteiger partial charge is 0.261 e. The topological polar surface area (TPSA) is 25.8 Å². The minimum absolute atomic E-state index is 1.03. The van der Waals surface area contributed by atoms with Gasteiger partial charge in [-0.25, -0.2) is 0 Å². The van der Waals surface area contributed by atoms with Crippen molar-refractivity contribution in [1.29, 1.82) is 0 Å². The number of nitrogens with zero attached hydrogens (tertiary/aromatic N) is 2. The summed E-state index contributed by atoms with van der Waals surface area (Å²) in [5.74, 6) is 0. The van der Waals surface area contributed by atoms with Crippen LogP contribution in [0.25, 0.3) is 22.4 Å². The molecule has 0 saturated carbocycles. The summed E-state index contributed by atoms with van der Waals surface area (Å²) in [5.41, 5.74) is 7.13. The van der Waals surface area contributed by atoms with E-state index >= 15 is 0 Å². The zero-order valence-corrected chi connectivity index (χ0v) is 23.0.